The molecule has 0 saturated heterocycles. The van der Waals surface area contributed by atoms with Crippen LogP contribution in [0.25, 0.3) is 10.2 Å². The van der Waals surface area contributed by atoms with Crippen molar-refractivity contribution < 1.29 is 14.3 Å². The van der Waals surface area contributed by atoms with Gasteiger partial charge in [0.25, 0.3) is 5.91 Å². The van der Waals surface area contributed by atoms with Crippen LogP contribution in [0.15, 0.2) is 54.9 Å². The van der Waals surface area contributed by atoms with Crippen LogP contribution in [0.3, 0.4) is 0 Å². The second kappa shape index (κ2) is 8.34. The van der Waals surface area contributed by atoms with E-state index in [1.807, 2.05) is 24.3 Å². The summed E-state index contributed by atoms with van der Waals surface area (Å²) in [5.74, 6) is 1.03. The van der Waals surface area contributed by atoms with E-state index in [9.17, 15) is 4.79 Å². The molecule has 5 rings (SSSR count). The standard InChI is InChI=1S/C22H15Cl2N3O3S/c23-14-3-4-16(24)15(8-14)21(28)27(12-13-2-1-5-25-11-13)22-26-17-9-18-19(10-20(17)31-22)30-7-6-29-18/h1-5,8-11H,6-7,12H2. The zero-order chi connectivity index (χ0) is 21.4. The number of carbonyl (C=O) groups excluding carboxylic acids is 1. The van der Waals surface area contributed by atoms with Crippen LogP contribution < -0.4 is 14.4 Å². The van der Waals surface area contributed by atoms with Gasteiger partial charge in [0.05, 0.1) is 27.3 Å². The Balaban J connectivity index is 1.59. The Morgan fingerprint density at radius 1 is 1.10 bits per heavy atom. The number of halogens is 2. The fraction of sp³-hybridized carbons (Fsp3) is 0.136. The summed E-state index contributed by atoms with van der Waals surface area (Å²) >= 11 is 13.8. The van der Waals surface area contributed by atoms with Crippen LogP contribution in [0.4, 0.5) is 5.13 Å². The Kier molecular flexibility index (Phi) is 5.40. The third-order valence-corrected chi connectivity index (χ3v) is 6.35. The Morgan fingerprint density at radius 3 is 2.68 bits per heavy atom. The van der Waals surface area contributed by atoms with Crippen LogP contribution in [0.2, 0.25) is 10.0 Å². The Bertz CT molecular complexity index is 1240. The SMILES string of the molecule is O=C(c1cc(Cl)ccc1Cl)N(Cc1cccnc1)c1nc2cc3c(cc2s1)OCCO3. The molecule has 6 nitrogen and oxygen atoms in total. The van der Waals surface area contributed by atoms with Gasteiger partial charge in [0.2, 0.25) is 0 Å². The number of ether oxygens (including phenoxy) is 2. The molecule has 1 amide bonds. The molecule has 2 aromatic carbocycles. The number of rotatable bonds is 4. The predicted octanol–water partition coefficient (Wildman–Crippen LogP) is 5.62. The van der Waals surface area contributed by atoms with Crippen molar-refractivity contribution in [3.05, 3.63) is 76.0 Å². The van der Waals surface area contributed by atoms with Crippen LogP contribution >= 0.6 is 34.5 Å². The van der Waals surface area contributed by atoms with E-state index >= 15 is 0 Å². The molecule has 0 N–H and O–H groups in total. The third-order valence-electron chi connectivity index (χ3n) is 4.74. The van der Waals surface area contributed by atoms with E-state index in [-0.39, 0.29) is 12.5 Å². The summed E-state index contributed by atoms with van der Waals surface area (Å²) in [6, 6.07) is 12.3. The van der Waals surface area contributed by atoms with E-state index in [4.69, 9.17) is 37.7 Å². The van der Waals surface area contributed by atoms with E-state index in [0.29, 0.717) is 45.5 Å². The first-order valence-electron chi connectivity index (χ1n) is 9.44. The van der Waals surface area contributed by atoms with Gasteiger partial charge < -0.3 is 9.47 Å². The lowest BCUT2D eigenvalue weighted by Gasteiger charge is -2.20. The lowest BCUT2D eigenvalue weighted by Crippen LogP contribution is -2.30. The normalized spacial score (nSPS) is 12.7. The van der Waals surface area contributed by atoms with Crippen LogP contribution in [-0.4, -0.2) is 29.1 Å². The molecule has 0 saturated carbocycles. The molecule has 0 radical (unpaired) electrons. The van der Waals surface area contributed by atoms with Crippen LogP contribution in [0.1, 0.15) is 15.9 Å². The van der Waals surface area contributed by atoms with Gasteiger partial charge in [-0.05, 0) is 29.8 Å². The summed E-state index contributed by atoms with van der Waals surface area (Å²) < 4.78 is 12.2. The highest BCUT2D eigenvalue weighted by Gasteiger charge is 2.25. The van der Waals surface area contributed by atoms with Gasteiger partial charge in [0.1, 0.15) is 13.2 Å². The average Bonchev–Trinajstić information content (AvgIpc) is 3.20. The molecule has 0 atom stereocenters. The van der Waals surface area contributed by atoms with E-state index in [1.165, 1.54) is 11.3 Å². The minimum atomic E-state index is -0.298. The van der Waals surface area contributed by atoms with Crippen molar-refractivity contribution in [2.45, 2.75) is 6.54 Å². The van der Waals surface area contributed by atoms with Crippen molar-refractivity contribution in [1.82, 2.24) is 9.97 Å². The van der Waals surface area contributed by atoms with Gasteiger partial charge in [-0.1, -0.05) is 40.6 Å². The number of carbonyl (C=O) groups is 1. The van der Waals surface area contributed by atoms with Gasteiger partial charge in [-0.15, -0.1) is 0 Å². The number of nitrogens with zero attached hydrogens (tertiary/aromatic N) is 3. The Morgan fingerprint density at radius 2 is 1.90 bits per heavy atom. The molecule has 0 bridgehead atoms. The number of pyridine rings is 1. The second-order valence-electron chi connectivity index (χ2n) is 6.84. The first kappa shape index (κ1) is 20.1. The highest BCUT2D eigenvalue weighted by Crippen LogP contribution is 2.39. The van der Waals surface area contributed by atoms with Gasteiger partial charge in [0, 0.05) is 29.5 Å². The van der Waals surface area contributed by atoms with Gasteiger partial charge >= 0.3 is 0 Å². The number of benzene rings is 2. The predicted molar refractivity (Wildman–Crippen MR) is 122 cm³/mol. The van der Waals surface area contributed by atoms with Crippen molar-refractivity contribution in [1.29, 1.82) is 0 Å². The Hall–Kier alpha value is -2.87. The summed E-state index contributed by atoms with van der Waals surface area (Å²) in [5, 5.41) is 1.28. The summed E-state index contributed by atoms with van der Waals surface area (Å²) in [7, 11) is 0. The molecule has 0 spiro atoms. The first-order valence-corrected chi connectivity index (χ1v) is 11.0. The third kappa shape index (κ3) is 4.04. The number of fused-ring (bicyclic) bond motifs is 2. The van der Waals surface area contributed by atoms with E-state index in [2.05, 4.69) is 4.98 Å². The summed E-state index contributed by atoms with van der Waals surface area (Å²) in [4.78, 5) is 24.0. The number of amides is 1. The van der Waals surface area contributed by atoms with Crippen molar-refractivity contribution in [3.8, 4) is 11.5 Å². The van der Waals surface area contributed by atoms with Gasteiger partial charge in [-0.2, -0.15) is 0 Å². The number of hydrogen-bond donors (Lipinski definition) is 0. The maximum absolute atomic E-state index is 13.5. The van der Waals surface area contributed by atoms with E-state index < -0.39 is 0 Å². The molecule has 1 aliphatic rings. The summed E-state index contributed by atoms with van der Waals surface area (Å²) in [6.45, 7) is 1.28. The van der Waals surface area contributed by atoms with E-state index in [0.717, 1.165) is 15.8 Å². The van der Waals surface area contributed by atoms with Crippen molar-refractivity contribution in [3.63, 3.8) is 0 Å². The molecular weight excluding hydrogens is 457 g/mol. The van der Waals surface area contributed by atoms with Crippen LogP contribution in [0.5, 0.6) is 11.5 Å². The topological polar surface area (TPSA) is 64.6 Å². The van der Waals surface area contributed by atoms with Gasteiger partial charge in [-0.25, -0.2) is 4.98 Å². The van der Waals surface area contributed by atoms with E-state index in [1.54, 1.807) is 35.5 Å². The minimum absolute atomic E-state index is 0.280. The van der Waals surface area contributed by atoms with Gasteiger partial charge in [0.15, 0.2) is 16.6 Å². The zero-order valence-electron chi connectivity index (χ0n) is 16.0. The number of thiazole rings is 1. The summed E-state index contributed by atoms with van der Waals surface area (Å²) in [5.41, 5.74) is 1.90. The average molecular weight is 472 g/mol. The molecule has 31 heavy (non-hydrogen) atoms. The molecule has 156 valence electrons. The molecule has 3 heterocycles. The van der Waals surface area contributed by atoms with Crippen molar-refractivity contribution >= 4 is 55.8 Å². The van der Waals surface area contributed by atoms with Crippen LogP contribution in [-0.2, 0) is 6.54 Å². The number of anilines is 1. The monoisotopic (exact) mass is 471 g/mol. The fourth-order valence-corrected chi connectivity index (χ4v) is 4.62. The highest BCUT2D eigenvalue weighted by atomic mass is 35.5. The first-order chi connectivity index (χ1) is 15.1. The summed E-state index contributed by atoms with van der Waals surface area (Å²) in [6.07, 6.45) is 3.40. The molecule has 2 aromatic heterocycles. The molecular formula is C22H15Cl2N3O3S. The molecule has 9 heteroatoms. The lowest BCUT2D eigenvalue weighted by atomic mass is 10.2. The highest BCUT2D eigenvalue weighted by molar-refractivity contribution is 7.22. The molecule has 1 aliphatic heterocycles. The fourth-order valence-electron chi connectivity index (χ4n) is 3.28. The van der Waals surface area contributed by atoms with Crippen molar-refractivity contribution in [2.75, 3.05) is 18.1 Å². The number of hydrogen-bond acceptors (Lipinski definition) is 6. The molecule has 0 fully saturated rings. The molecule has 0 unspecified atom stereocenters. The second-order valence-corrected chi connectivity index (χ2v) is 8.69. The largest absolute Gasteiger partial charge is 0.486 e. The van der Waals surface area contributed by atoms with Gasteiger partial charge in [-0.3, -0.25) is 14.7 Å². The maximum atomic E-state index is 13.5. The molecule has 4 aromatic rings. The Labute approximate surface area is 192 Å². The number of aromatic nitrogens is 2. The zero-order valence-corrected chi connectivity index (χ0v) is 18.4. The molecule has 0 aliphatic carbocycles. The lowest BCUT2D eigenvalue weighted by molar-refractivity contribution is 0.0985. The quantitative estimate of drug-likeness (QED) is 0.386. The van der Waals surface area contributed by atoms with Crippen molar-refractivity contribution in [2.24, 2.45) is 0 Å². The van der Waals surface area contributed by atoms with Crippen LogP contribution in [0, 0.1) is 0 Å². The maximum Gasteiger partial charge on any atom is 0.261 e. The minimum Gasteiger partial charge on any atom is -0.486 e. The smallest absolute Gasteiger partial charge is 0.261 e.